The Hall–Kier alpha value is -3.15. The van der Waals surface area contributed by atoms with Gasteiger partial charge in [-0.25, -0.2) is 0 Å². The van der Waals surface area contributed by atoms with E-state index in [-0.39, 0.29) is 12.4 Å². The Morgan fingerprint density at radius 1 is 0.774 bits per heavy atom. The zero-order valence-corrected chi connectivity index (χ0v) is 17.7. The first-order valence-corrected chi connectivity index (χ1v) is 10.3. The van der Waals surface area contributed by atoms with Crippen LogP contribution in [0.25, 0.3) is 0 Å². The van der Waals surface area contributed by atoms with Crippen molar-refractivity contribution in [3.63, 3.8) is 0 Å². The Morgan fingerprint density at radius 3 is 2.00 bits per heavy atom. The van der Waals surface area contributed by atoms with E-state index in [9.17, 15) is 4.79 Å². The SMILES string of the molecule is COC(=O)Cc1ccc(OC(CCOCc2ccccc2)OCc2ccccc2)cc1. The van der Waals surface area contributed by atoms with E-state index in [0.29, 0.717) is 32.0 Å². The van der Waals surface area contributed by atoms with Crippen LogP contribution in [-0.4, -0.2) is 26.0 Å². The normalized spacial score (nSPS) is 11.6. The fourth-order valence-corrected chi connectivity index (χ4v) is 2.96. The van der Waals surface area contributed by atoms with Crippen molar-refractivity contribution < 1.29 is 23.7 Å². The Labute approximate surface area is 183 Å². The summed E-state index contributed by atoms with van der Waals surface area (Å²) in [5, 5.41) is 0. The molecule has 3 aromatic carbocycles. The van der Waals surface area contributed by atoms with Gasteiger partial charge in [-0.15, -0.1) is 0 Å². The van der Waals surface area contributed by atoms with Gasteiger partial charge in [-0.1, -0.05) is 72.8 Å². The van der Waals surface area contributed by atoms with Crippen LogP contribution in [0.3, 0.4) is 0 Å². The molecule has 0 saturated heterocycles. The van der Waals surface area contributed by atoms with Crippen molar-refractivity contribution in [3.05, 3.63) is 102 Å². The molecular formula is C26H28O5. The number of ether oxygens (including phenoxy) is 4. The van der Waals surface area contributed by atoms with Crippen LogP contribution in [0.4, 0.5) is 0 Å². The Morgan fingerprint density at radius 2 is 1.39 bits per heavy atom. The van der Waals surface area contributed by atoms with Crippen LogP contribution >= 0.6 is 0 Å². The molecule has 0 heterocycles. The molecule has 0 spiro atoms. The molecular weight excluding hydrogens is 392 g/mol. The minimum absolute atomic E-state index is 0.234. The van der Waals surface area contributed by atoms with Crippen LogP contribution < -0.4 is 4.74 Å². The minimum Gasteiger partial charge on any atom is -0.469 e. The Kier molecular flexibility index (Phi) is 9.10. The van der Waals surface area contributed by atoms with Gasteiger partial charge in [0.1, 0.15) is 5.75 Å². The predicted molar refractivity (Wildman–Crippen MR) is 119 cm³/mol. The molecule has 0 aliphatic heterocycles. The van der Waals surface area contributed by atoms with Gasteiger partial charge in [0.05, 0.1) is 33.4 Å². The molecule has 0 N–H and O–H groups in total. The zero-order valence-electron chi connectivity index (χ0n) is 17.7. The third-order valence-corrected chi connectivity index (χ3v) is 4.66. The minimum atomic E-state index is -0.456. The number of methoxy groups -OCH3 is 1. The van der Waals surface area contributed by atoms with Crippen molar-refractivity contribution in [2.45, 2.75) is 32.3 Å². The first-order chi connectivity index (χ1) is 15.2. The fraction of sp³-hybridized carbons (Fsp3) is 0.269. The number of carbonyl (C=O) groups is 1. The molecule has 0 amide bonds. The van der Waals surface area contributed by atoms with E-state index >= 15 is 0 Å². The molecule has 0 aromatic heterocycles. The molecule has 5 heteroatoms. The van der Waals surface area contributed by atoms with Crippen LogP contribution in [-0.2, 0) is 38.6 Å². The summed E-state index contributed by atoms with van der Waals surface area (Å²) in [4.78, 5) is 11.4. The van der Waals surface area contributed by atoms with Crippen LogP contribution in [0.1, 0.15) is 23.1 Å². The Bertz CT molecular complexity index is 894. The van der Waals surface area contributed by atoms with Crippen molar-refractivity contribution in [1.82, 2.24) is 0 Å². The molecule has 162 valence electrons. The number of rotatable bonds is 12. The van der Waals surface area contributed by atoms with Gasteiger partial charge in [0.2, 0.25) is 6.29 Å². The maximum Gasteiger partial charge on any atom is 0.309 e. The first kappa shape index (κ1) is 22.5. The van der Waals surface area contributed by atoms with Gasteiger partial charge in [0, 0.05) is 6.42 Å². The summed E-state index contributed by atoms with van der Waals surface area (Å²) in [6.45, 7) is 1.51. The van der Waals surface area contributed by atoms with Gasteiger partial charge in [0.25, 0.3) is 0 Å². The molecule has 3 aromatic rings. The van der Waals surface area contributed by atoms with Crippen LogP contribution in [0, 0.1) is 0 Å². The summed E-state index contributed by atoms with van der Waals surface area (Å²) in [7, 11) is 1.38. The third kappa shape index (κ3) is 8.24. The number of hydrogen-bond acceptors (Lipinski definition) is 5. The number of benzene rings is 3. The molecule has 5 nitrogen and oxygen atoms in total. The molecule has 0 bridgehead atoms. The Balaban J connectivity index is 1.54. The van der Waals surface area contributed by atoms with Gasteiger partial charge in [-0.05, 0) is 28.8 Å². The smallest absolute Gasteiger partial charge is 0.309 e. The quantitative estimate of drug-likeness (QED) is 0.236. The lowest BCUT2D eigenvalue weighted by atomic mass is 10.1. The summed E-state index contributed by atoms with van der Waals surface area (Å²) in [6, 6.07) is 27.4. The summed E-state index contributed by atoms with van der Waals surface area (Å²) in [5.41, 5.74) is 3.08. The van der Waals surface area contributed by atoms with Crippen molar-refractivity contribution in [1.29, 1.82) is 0 Å². The fourth-order valence-electron chi connectivity index (χ4n) is 2.96. The highest BCUT2D eigenvalue weighted by Gasteiger charge is 2.12. The highest BCUT2D eigenvalue weighted by Crippen LogP contribution is 2.18. The maximum absolute atomic E-state index is 11.4. The zero-order chi connectivity index (χ0) is 21.7. The lowest BCUT2D eigenvalue weighted by molar-refractivity contribution is -0.139. The van der Waals surface area contributed by atoms with E-state index in [2.05, 4.69) is 0 Å². The van der Waals surface area contributed by atoms with Crippen LogP contribution in [0.15, 0.2) is 84.9 Å². The molecule has 0 radical (unpaired) electrons. The molecule has 0 aliphatic carbocycles. The summed E-state index contributed by atoms with van der Waals surface area (Å²) in [5.74, 6) is 0.406. The highest BCUT2D eigenvalue weighted by atomic mass is 16.7. The van der Waals surface area contributed by atoms with Gasteiger partial charge < -0.3 is 18.9 Å². The number of hydrogen-bond donors (Lipinski definition) is 0. The summed E-state index contributed by atoms with van der Waals surface area (Å²) in [6.07, 6.45) is 0.365. The predicted octanol–water partition coefficient (Wildman–Crippen LogP) is 4.93. The average molecular weight is 421 g/mol. The van der Waals surface area contributed by atoms with E-state index in [1.54, 1.807) is 0 Å². The summed E-state index contributed by atoms with van der Waals surface area (Å²) >= 11 is 0. The third-order valence-electron chi connectivity index (χ3n) is 4.66. The monoisotopic (exact) mass is 420 g/mol. The largest absolute Gasteiger partial charge is 0.469 e. The van der Waals surface area contributed by atoms with Crippen molar-refractivity contribution in [2.75, 3.05) is 13.7 Å². The molecule has 1 unspecified atom stereocenters. The van der Waals surface area contributed by atoms with E-state index in [0.717, 1.165) is 16.7 Å². The molecule has 0 saturated carbocycles. The summed E-state index contributed by atoms with van der Waals surface area (Å²) < 4.78 is 22.6. The highest BCUT2D eigenvalue weighted by molar-refractivity contribution is 5.72. The second kappa shape index (κ2) is 12.5. The second-order valence-electron chi connectivity index (χ2n) is 7.07. The van der Waals surface area contributed by atoms with Crippen molar-refractivity contribution in [2.24, 2.45) is 0 Å². The van der Waals surface area contributed by atoms with Crippen molar-refractivity contribution in [3.8, 4) is 5.75 Å². The second-order valence-corrected chi connectivity index (χ2v) is 7.07. The number of esters is 1. The van der Waals surface area contributed by atoms with Gasteiger partial charge >= 0.3 is 5.97 Å². The number of carbonyl (C=O) groups excluding carboxylic acids is 1. The van der Waals surface area contributed by atoms with Crippen LogP contribution in [0.5, 0.6) is 5.75 Å². The lowest BCUT2D eigenvalue weighted by Gasteiger charge is -2.20. The van der Waals surface area contributed by atoms with Gasteiger partial charge in [-0.3, -0.25) is 4.79 Å². The average Bonchev–Trinajstić information content (AvgIpc) is 2.82. The maximum atomic E-state index is 11.4. The molecule has 31 heavy (non-hydrogen) atoms. The molecule has 0 fully saturated rings. The first-order valence-electron chi connectivity index (χ1n) is 10.3. The van der Waals surface area contributed by atoms with E-state index in [1.165, 1.54) is 7.11 Å². The van der Waals surface area contributed by atoms with Gasteiger partial charge in [0.15, 0.2) is 0 Å². The van der Waals surface area contributed by atoms with E-state index in [4.69, 9.17) is 18.9 Å². The van der Waals surface area contributed by atoms with Crippen molar-refractivity contribution >= 4 is 5.97 Å². The molecule has 0 aliphatic rings. The van der Waals surface area contributed by atoms with E-state index < -0.39 is 6.29 Å². The van der Waals surface area contributed by atoms with E-state index in [1.807, 2.05) is 84.9 Å². The van der Waals surface area contributed by atoms with Gasteiger partial charge in [-0.2, -0.15) is 0 Å². The lowest BCUT2D eigenvalue weighted by Crippen LogP contribution is -2.22. The topological polar surface area (TPSA) is 54.0 Å². The molecule has 1 atom stereocenters. The molecule has 3 rings (SSSR count). The van der Waals surface area contributed by atoms with Crippen LogP contribution in [0.2, 0.25) is 0 Å². The standard InChI is InChI=1S/C26H28O5/c1-28-25(27)18-21-12-14-24(15-13-21)31-26(30-20-23-10-6-3-7-11-23)16-17-29-19-22-8-4-2-5-9-22/h2-15,26H,16-20H2,1H3.